The van der Waals surface area contributed by atoms with Crippen molar-refractivity contribution in [2.24, 2.45) is 51.6 Å². The Morgan fingerprint density at radius 2 is 1.78 bits per heavy atom. The first kappa shape index (κ1) is 55.3. The number of aliphatic hydroxyl groups is 4. The number of ketones is 1. The van der Waals surface area contributed by atoms with Crippen LogP contribution >= 0.6 is 21.6 Å². The lowest BCUT2D eigenvalue weighted by Gasteiger charge is -2.61. The monoisotopic (exact) mass is 1100 g/mol. The number of Topliss-reactive ketones (excluding diaryl/α,β-unsaturated/α-hetero) is 1. The Labute approximate surface area is 467 Å². The molecule has 0 saturated heterocycles. The number of fused-ring (bicyclic) bond motifs is 11. The van der Waals surface area contributed by atoms with Gasteiger partial charge in [0.2, 0.25) is 6.29 Å². The summed E-state index contributed by atoms with van der Waals surface area (Å²) in [5, 5.41) is 63.8. The number of methoxy groups -OCH3 is 1. The van der Waals surface area contributed by atoms with E-state index in [1.807, 2.05) is 0 Å². The maximum Gasteiger partial charge on any atom is 0.201 e. The van der Waals surface area contributed by atoms with E-state index in [0.717, 1.165) is 73.8 Å². The second-order valence-corrected chi connectivity index (χ2v) is 26.5. The Morgan fingerprint density at radius 3 is 2.59 bits per heavy atom. The van der Waals surface area contributed by atoms with E-state index in [2.05, 4.69) is 78.5 Å². The molecule has 3 saturated carbocycles. The van der Waals surface area contributed by atoms with Crippen LogP contribution in [0, 0.1) is 64.6 Å². The minimum atomic E-state index is -1.27. The first-order valence-corrected chi connectivity index (χ1v) is 31.1. The number of benzene rings is 3. The summed E-state index contributed by atoms with van der Waals surface area (Å²) in [5.74, 6) is 17.1. The maximum atomic E-state index is 13.5. The molecule has 3 aromatic carbocycles. The highest BCUT2D eigenvalue weighted by molar-refractivity contribution is 8.76. The highest BCUT2D eigenvalue weighted by Crippen LogP contribution is 2.70. The second kappa shape index (κ2) is 23.5. The molecule has 14 atom stereocenters. The number of guanidine groups is 1. The van der Waals surface area contributed by atoms with E-state index in [9.17, 15) is 30.3 Å². The van der Waals surface area contributed by atoms with Gasteiger partial charge in [-0.2, -0.15) is 0 Å². The fourth-order valence-electron chi connectivity index (χ4n) is 15.6. The van der Waals surface area contributed by atoms with Crippen molar-refractivity contribution < 1.29 is 49.3 Å². The predicted molar refractivity (Wildman–Crippen MR) is 303 cm³/mol. The van der Waals surface area contributed by atoms with E-state index in [4.69, 9.17) is 29.7 Å². The summed E-state index contributed by atoms with van der Waals surface area (Å²) < 4.78 is 25.9. The van der Waals surface area contributed by atoms with Gasteiger partial charge in [0, 0.05) is 72.3 Å². The van der Waals surface area contributed by atoms with E-state index in [0.29, 0.717) is 65.9 Å². The number of rotatable bonds is 6. The molecule has 8 bridgehead atoms. The molecule has 0 amide bonds. The Kier molecular flexibility index (Phi) is 16.6. The SMILES string of the molecule is CO[C@H](CO)[C@@H]1CC[C@@H]2C#C[C@@H]3NC(N)=N[C@H](C(C)C)CSSC[C@@H]3[C@@H]3Cc4c5cc(c(c4O[C@H]3O)OCN[C@@]23C[C@]24CCC[C@H]2c2ccccc2[C@@H](C4)[C@H]3C1)CC#Cc1c(ccc(O)c1OCO)CCC(=O)C[C@H](O)CC5. The van der Waals surface area contributed by atoms with E-state index in [-0.39, 0.29) is 103 Å². The zero-order valence-corrected chi connectivity index (χ0v) is 46.9. The molecule has 0 radical (unpaired) electrons. The van der Waals surface area contributed by atoms with Crippen LogP contribution in [0.1, 0.15) is 135 Å². The molecule has 12 rings (SSSR count). The summed E-state index contributed by atoms with van der Waals surface area (Å²) >= 11 is 0. The van der Waals surface area contributed by atoms with Crippen LogP contribution in [0.25, 0.3) is 0 Å². The predicted octanol–water partition coefficient (Wildman–Crippen LogP) is 7.26. The van der Waals surface area contributed by atoms with Crippen molar-refractivity contribution >= 4 is 33.3 Å². The molecule has 14 nitrogen and oxygen atoms in total. The highest BCUT2D eigenvalue weighted by Gasteiger charge is 2.64. The van der Waals surface area contributed by atoms with Crippen LogP contribution < -0.4 is 30.6 Å². The Hall–Kier alpha value is -4.62. The van der Waals surface area contributed by atoms with Gasteiger partial charge in [-0.05, 0) is 134 Å². The summed E-state index contributed by atoms with van der Waals surface area (Å²) in [4.78, 5) is 18.6. The average Bonchev–Trinajstić information content (AvgIpc) is 3.72. The topological polar surface area (TPSA) is 218 Å². The number of phenolic OH excluding ortho intramolecular Hbond substituents is 1. The van der Waals surface area contributed by atoms with E-state index >= 15 is 0 Å². The number of aliphatic hydroxyl groups excluding tert-OH is 4. The standard InChI is InChI=1S/C62H78N4O10S2/c1-35(2)53-31-78-77-30-49-47-27-46-37-15-20-42(70)26-41(69)19-14-36-16-22-54(71)57(75-34-68)43(36)11-6-8-39(24-37)56(58(46)76-59(47)72)74-33-64-62-32-61-23-7-12-50(61)45-10-5-4-9-44(45)48(28-61)51(62)25-38(55(29-67)73-3)13-17-40(62)18-21-52(49)65-60(63)66-53/h4-5,9-10,16,22,24,35,38,40,42,47-53,55,59,64,67-68,70-72H,7-8,12-15,17,19-20,23,25-34H2,1-3H3,(H3,63,65,66)/t38-,40-,42-,47+,48-,49-,50+,51-,52+,53+,55-,59-,61-,62+/m1/s1. The highest BCUT2D eigenvalue weighted by atomic mass is 33.1. The second-order valence-electron chi connectivity index (χ2n) is 23.9. The van der Waals surface area contributed by atoms with E-state index in [1.54, 1.807) is 34.8 Å². The average molecular weight is 1100 g/mol. The molecule has 4 heterocycles. The van der Waals surface area contributed by atoms with Crippen molar-refractivity contribution in [2.45, 2.75) is 158 Å². The van der Waals surface area contributed by atoms with Crippen molar-refractivity contribution in [3.63, 3.8) is 0 Å². The van der Waals surface area contributed by atoms with Crippen LogP contribution in [-0.2, 0) is 35.2 Å². The number of ether oxygens (including phenoxy) is 4. The van der Waals surface area contributed by atoms with Gasteiger partial charge in [0.15, 0.2) is 35.8 Å². The number of aromatic hydroxyl groups is 1. The third kappa shape index (κ3) is 10.6. The number of nitrogens with one attached hydrogen (secondary N) is 2. The van der Waals surface area contributed by atoms with Gasteiger partial charge in [-0.1, -0.05) is 102 Å². The number of aryl methyl sites for hydroxylation is 2. The van der Waals surface area contributed by atoms with Crippen LogP contribution in [0.3, 0.4) is 0 Å². The molecule has 16 heteroatoms. The molecule has 418 valence electrons. The molecule has 9 aliphatic rings. The van der Waals surface area contributed by atoms with Gasteiger partial charge in [0.05, 0.1) is 36.5 Å². The first-order valence-electron chi connectivity index (χ1n) is 28.6. The van der Waals surface area contributed by atoms with Gasteiger partial charge in [-0.15, -0.1) is 0 Å². The molecular formula is C62H78N4O10S2. The van der Waals surface area contributed by atoms with Crippen molar-refractivity contribution in [3.8, 4) is 46.7 Å². The number of nitrogens with two attached hydrogens (primary N) is 1. The van der Waals surface area contributed by atoms with Gasteiger partial charge in [-0.25, -0.2) is 4.99 Å². The largest absolute Gasteiger partial charge is 0.504 e. The normalized spacial score (nSPS) is 34.0. The van der Waals surface area contributed by atoms with Crippen molar-refractivity contribution in [3.05, 3.63) is 81.4 Å². The van der Waals surface area contributed by atoms with Crippen molar-refractivity contribution in [1.29, 1.82) is 0 Å². The molecule has 4 aliphatic heterocycles. The van der Waals surface area contributed by atoms with Gasteiger partial charge in [0.25, 0.3) is 0 Å². The molecule has 3 aromatic rings. The number of carbonyl (C=O) groups excluding carboxylic acids is 1. The summed E-state index contributed by atoms with van der Waals surface area (Å²) in [5.41, 5.74) is 12.9. The number of nitrogens with zero attached hydrogens (tertiary/aromatic N) is 1. The van der Waals surface area contributed by atoms with E-state index < -0.39 is 36.7 Å². The minimum absolute atomic E-state index is 0.00868. The third-order valence-electron chi connectivity index (χ3n) is 19.4. The molecule has 78 heavy (non-hydrogen) atoms. The van der Waals surface area contributed by atoms with Crippen LogP contribution in [0.5, 0.6) is 23.0 Å². The van der Waals surface area contributed by atoms with Crippen LogP contribution in [0.15, 0.2) is 47.5 Å². The molecule has 5 aliphatic carbocycles. The van der Waals surface area contributed by atoms with Crippen LogP contribution in [0.2, 0.25) is 0 Å². The van der Waals surface area contributed by atoms with Crippen LogP contribution in [0.4, 0.5) is 0 Å². The summed E-state index contributed by atoms with van der Waals surface area (Å²) in [6.07, 6.45) is 7.05. The lowest BCUT2D eigenvalue weighted by atomic mass is 9.46. The molecule has 2 spiro atoms. The molecule has 0 aromatic heterocycles. The van der Waals surface area contributed by atoms with Crippen molar-refractivity contribution in [2.75, 3.05) is 38.7 Å². The van der Waals surface area contributed by atoms with Crippen LogP contribution in [-0.4, -0.2) is 112 Å². The quantitative estimate of drug-likeness (QED) is 0.0693. The first-order chi connectivity index (χ1) is 37.8. The zero-order chi connectivity index (χ0) is 54.3. The smallest absolute Gasteiger partial charge is 0.201 e. The van der Waals surface area contributed by atoms with Gasteiger partial charge >= 0.3 is 0 Å². The number of carbonyl (C=O) groups is 1. The lowest BCUT2D eigenvalue weighted by molar-refractivity contribution is -0.121. The molecule has 9 N–H and O–H groups in total. The minimum Gasteiger partial charge on any atom is -0.504 e. The lowest BCUT2D eigenvalue weighted by Crippen LogP contribution is -2.65. The molecular weight excluding hydrogens is 1020 g/mol. The van der Waals surface area contributed by atoms with Gasteiger partial charge in [0.1, 0.15) is 12.5 Å². The number of hydrogen-bond donors (Lipinski definition) is 8. The Morgan fingerprint density at radius 1 is 0.949 bits per heavy atom. The van der Waals surface area contributed by atoms with Gasteiger partial charge in [-0.3, -0.25) is 10.1 Å². The van der Waals surface area contributed by atoms with Gasteiger partial charge < -0.3 is 55.5 Å². The molecule has 0 unspecified atom stereocenters. The summed E-state index contributed by atoms with van der Waals surface area (Å²) in [7, 11) is 5.26. The third-order valence-corrected chi connectivity index (χ3v) is 21.9. The number of phenols is 1. The number of aliphatic imine (C=N–C) groups is 1. The maximum absolute atomic E-state index is 13.5. The van der Waals surface area contributed by atoms with Crippen molar-refractivity contribution in [1.82, 2.24) is 10.6 Å². The molecule has 3 fully saturated rings. The summed E-state index contributed by atoms with van der Waals surface area (Å²) in [6.45, 7) is 3.67. The zero-order valence-electron chi connectivity index (χ0n) is 45.3. The fraction of sp³-hybridized carbons (Fsp3) is 0.613. The fourth-order valence-corrected chi connectivity index (χ4v) is 18.4. The Bertz CT molecular complexity index is 2880. The summed E-state index contributed by atoms with van der Waals surface area (Å²) in [6, 6.07) is 13.9. The van der Waals surface area contributed by atoms with E-state index in [1.165, 1.54) is 17.2 Å². The number of hydrogen-bond acceptors (Lipinski definition) is 16. The Balaban J connectivity index is 1.11.